The number of methoxy groups -OCH3 is 1. The van der Waals surface area contributed by atoms with Crippen LogP contribution >= 0.6 is 12.6 Å². The Bertz CT molecular complexity index is 322. The molecule has 0 N–H and O–H groups in total. The van der Waals surface area contributed by atoms with E-state index in [-0.39, 0.29) is 5.56 Å². The highest BCUT2D eigenvalue weighted by molar-refractivity contribution is 7.79. The topological polar surface area (TPSA) is 31.2 Å². The fourth-order valence-corrected chi connectivity index (χ4v) is 1.31. The molecular weight excluding hydrogens is 186 g/mol. The van der Waals surface area contributed by atoms with E-state index >= 15 is 0 Å². The largest absolute Gasteiger partial charge is 0.383 e. The van der Waals surface area contributed by atoms with Crippen LogP contribution in [0.4, 0.5) is 0 Å². The molecule has 0 aromatic carbocycles. The molecule has 3 nitrogen and oxygen atoms in total. The molecule has 0 amide bonds. The fraction of sp³-hybridized carbons (Fsp3) is 0.444. The van der Waals surface area contributed by atoms with E-state index in [4.69, 9.17) is 4.74 Å². The van der Waals surface area contributed by atoms with Gasteiger partial charge < -0.3 is 9.30 Å². The van der Waals surface area contributed by atoms with Crippen molar-refractivity contribution in [3.8, 4) is 0 Å². The summed E-state index contributed by atoms with van der Waals surface area (Å²) in [6.45, 7) is 1.15. The first-order valence-electron chi connectivity index (χ1n) is 4.07. The van der Waals surface area contributed by atoms with Crippen LogP contribution in [0, 0.1) is 0 Å². The van der Waals surface area contributed by atoms with Gasteiger partial charge in [0.15, 0.2) is 0 Å². The number of thiol groups is 1. The van der Waals surface area contributed by atoms with Crippen LogP contribution < -0.4 is 5.56 Å². The van der Waals surface area contributed by atoms with E-state index in [1.54, 1.807) is 23.9 Å². The third kappa shape index (κ3) is 2.60. The van der Waals surface area contributed by atoms with Gasteiger partial charge >= 0.3 is 0 Å². The van der Waals surface area contributed by atoms with Crippen molar-refractivity contribution in [2.45, 2.75) is 12.3 Å². The summed E-state index contributed by atoms with van der Waals surface area (Å²) in [5.74, 6) is 0.479. The molecule has 1 heterocycles. The zero-order valence-electron chi connectivity index (χ0n) is 7.56. The summed E-state index contributed by atoms with van der Waals surface area (Å²) in [7, 11) is 1.62. The van der Waals surface area contributed by atoms with Gasteiger partial charge in [-0.3, -0.25) is 4.79 Å². The Hall–Kier alpha value is -0.740. The van der Waals surface area contributed by atoms with Gasteiger partial charge in [-0.25, -0.2) is 0 Å². The first kappa shape index (κ1) is 10.3. The lowest BCUT2D eigenvalue weighted by molar-refractivity contribution is 0.186. The minimum atomic E-state index is 0.0227. The average Bonchev–Trinajstić information content (AvgIpc) is 2.16. The normalized spacial score (nSPS) is 10.3. The van der Waals surface area contributed by atoms with E-state index in [0.29, 0.717) is 18.9 Å². The Labute approximate surface area is 82.8 Å². The van der Waals surface area contributed by atoms with E-state index in [1.807, 2.05) is 6.07 Å². The maximum atomic E-state index is 11.6. The Morgan fingerprint density at radius 2 is 2.38 bits per heavy atom. The average molecular weight is 199 g/mol. The first-order chi connectivity index (χ1) is 6.29. The van der Waals surface area contributed by atoms with Crippen LogP contribution in [0.15, 0.2) is 23.1 Å². The summed E-state index contributed by atoms with van der Waals surface area (Å²) in [4.78, 5) is 11.6. The molecular formula is C9H13NO2S. The number of ether oxygens (including phenoxy) is 1. The predicted molar refractivity (Wildman–Crippen MR) is 55.3 cm³/mol. The van der Waals surface area contributed by atoms with E-state index < -0.39 is 0 Å². The Balaban J connectivity index is 2.88. The summed E-state index contributed by atoms with van der Waals surface area (Å²) in [5.41, 5.74) is 0.747. The number of nitrogens with zero attached hydrogens (tertiary/aromatic N) is 1. The van der Waals surface area contributed by atoms with Gasteiger partial charge in [-0.1, -0.05) is 6.07 Å². The van der Waals surface area contributed by atoms with Crippen molar-refractivity contribution < 1.29 is 4.74 Å². The molecule has 4 heteroatoms. The van der Waals surface area contributed by atoms with Gasteiger partial charge in [-0.05, 0) is 6.07 Å². The Morgan fingerprint density at radius 3 is 3.00 bits per heavy atom. The van der Waals surface area contributed by atoms with E-state index in [2.05, 4.69) is 12.6 Å². The molecule has 0 bridgehead atoms. The molecule has 1 aromatic rings. The summed E-state index contributed by atoms with van der Waals surface area (Å²) in [5, 5.41) is 0. The lowest BCUT2D eigenvalue weighted by atomic mass is 10.3. The molecule has 0 aliphatic rings. The minimum absolute atomic E-state index is 0.0227. The van der Waals surface area contributed by atoms with Crippen molar-refractivity contribution in [1.82, 2.24) is 4.57 Å². The minimum Gasteiger partial charge on any atom is -0.383 e. The molecule has 0 saturated carbocycles. The van der Waals surface area contributed by atoms with Crippen LogP contribution in [0.1, 0.15) is 5.56 Å². The van der Waals surface area contributed by atoms with Crippen molar-refractivity contribution in [2.75, 3.05) is 13.7 Å². The smallest absolute Gasteiger partial charge is 0.254 e. The summed E-state index contributed by atoms with van der Waals surface area (Å²) in [6, 6.07) is 3.64. The number of pyridine rings is 1. The van der Waals surface area contributed by atoms with Gasteiger partial charge in [-0.15, -0.1) is 0 Å². The highest BCUT2D eigenvalue weighted by Gasteiger charge is 1.99. The van der Waals surface area contributed by atoms with E-state index in [9.17, 15) is 4.79 Å². The molecule has 0 radical (unpaired) electrons. The van der Waals surface area contributed by atoms with Gasteiger partial charge in [0, 0.05) is 31.2 Å². The highest BCUT2D eigenvalue weighted by atomic mass is 32.1. The van der Waals surface area contributed by atoms with Crippen molar-refractivity contribution >= 4 is 12.6 Å². The molecule has 0 aliphatic carbocycles. The zero-order chi connectivity index (χ0) is 9.68. The molecule has 72 valence electrons. The van der Waals surface area contributed by atoms with Crippen molar-refractivity contribution in [2.24, 2.45) is 0 Å². The van der Waals surface area contributed by atoms with Gasteiger partial charge in [0.2, 0.25) is 0 Å². The number of rotatable bonds is 4. The molecule has 0 atom stereocenters. The second-order valence-corrected chi connectivity index (χ2v) is 3.00. The summed E-state index contributed by atoms with van der Waals surface area (Å²) in [6.07, 6.45) is 1.76. The molecule has 0 spiro atoms. The van der Waals surface area contributed by atoms with Crippen LogP contribution in [0.5, 0.6) is 0 Å². The third-order valence-corrected chi connectivity index (χ3v) is 2.15. The number of aromatic nitrogens is 1. The van der Waals surface area contributed by atoms with E-state index in [1.165, 1.54) is 0 Å². The van der Waals surface area contributed by atoms with Crippen molar-refractivity contribution in [3.63, 3.8) is 0 Å². The maximum Gasteiger partial charge on any atom is 0.254 e. The zero-order valence-corrected chi connectivity index (χ0v) is 8.46. The quantitative estimate of drug-likeness (QED) is 0.731. The van der Waals surface area contributed by atoms with Crippen LogP contribution in [-0.4, -0.2) is 18.3 Å². The first-order valence-corrected chi connectivity index (χ1v) is 4.71. The summed E-state index contributed by atoms with van der Waals surface area (Å²) >= 11 is 4.07. The van der Waals surface area contributed by atoms with Crippen LogP contribution in [0.3, 0.4) is 0 Å². The highest BCUT2D eigenvalue weighted by Crippen LogP contribution is 1.95. The van der Waals surface area contributed by atoms with Gasteiger partial charge in [0.05, 0.1) is 6.61 Å². The van der Waals surface area contributed by atoms with Crippen molar-refractivity contribution in [3.05, 3.63) is 34.2 Å². The molecule has 0 fully saturated rings. The molecule has 0 saturated heterocycles. The maximum absolute atomic E-state index is 11.6. The summed E-state index contributed by atoms with van der Waals surface area (Å²) < 4.78 is 6.53. The number of hydrogen-bond acceptors (Lipinski definition) is 3. The molecule has 0 aliphatic heterocycles. The Morgan fingerprint density at radius 1 is 1.62 bits per heavy atom. The molecule has 1 rings (SSSR count). The van der Waals surface area contributed by atoms with Gasteiger partial charge in [0.25, 0.3) is 5.56 Å². The second kappa shape index (κ2) is 5.09. The second-order valence-electron chi connectivity index (χ2n) is 2.68. The van der Waals surface area contributed by atoms with Crippen molar-refractivity contribution in [1.29, 1.82) is 0 Å². The van der Waals surface area contributed by atoms with Gasteiger partial charge in [-0.2, -0.15) is 12.6 Å². The lowest BCUT2D eigenvalue weighted by Gasteiger charge is -2.05. The molecule has 13 heavy (non-hydrogen) atoms. The molecule has 0 unspecified atom stereocenters. The predicted octanol–water partition coefficient (Wildman–Crippen LogP) is 0.924. The van der Waals surface area contributed by atoms with Crippen LogP contribution in [0.2, 0.25) is 0 Å². The van der Waals surface area contributed by atoms with Gasteiger partial charge in [0.1, 0.15) is 0 Å². The fourth-order valence-electron chi connectivity index (χ4n) is 1.07. The van der Waals surface area contributed by atoms with E-state index in [0.717, 1.165) is 5.56 Å². The van der Waals surface area contributed by atoms with Crippen LogP contribution in [-0.2, 0) is 17.0 Å². The lowest BCUT2D eigenvalue weighted by Crippen LogP contribution is -2.23. The SMILES string of the molecule is COCCn1cccc(CS)c1=O. The number of hydrogen-bond donors (Lipinski definition) is 1. The molecule has 1 aromatic heterocycles. The van der Waals surface area contributed by atoms with Crippen LogP contribution in [0.25, 0.3) is 0 Å². The third-order valence-electron chi connectivity index (χ3n) is 1.81. The standard InChI is InChI=1S/C9H13NO2S/c1-12-6-5-10-4-2-3-8(7-13)9(10)11/h2-4,13H,5-7H2,1H3. The monoisotopic (exact) mass is 199 g/mol. The Kier molecular flexibility index (Phi) is 4.05.